The number of rotatable bonds is 6. The molecule has 0 radical (unpaired) electrons. The Balaban J connectivity index is 1.11. The normalized spacial score (nSPS) is 13.3. The zero-order valence-corrected chi connectivity index (χ0v) is 25.8. The summed E-state index contributed by atoms with van der Waals surface area (Å²) in [6.45, 7) is 6.32. The summed E-state index contributed by atoms with van der Waals surface area (Å²) in [5.74, 6) is 1.24. The van der Waals surface area contributed by atoms with E-state index in [1.807, 2.05) is 19.1 Å². The zero-order chi connectivity index (χ0) is 31.3. The quantitative estimate of drug-likeness (QED) is 0.137. The van der Waals surface area contributed by atoms with Gasteiger partial charge in [0, 0.05) is 21.9 Å². The number of hydrogen-bond donors (Lipinski definition) is 0. The monoisotopic (exact) mass is 594 g/mol. The Hall–Kier alpha value is -5.87. The Bertz CT molecular complexity index is 2240. The Morgan fingerprint density at radius 3 is 1.93 bits per heavy atom. The van der Waals surface area contributed by atoms with Gasteiger partial charge in [0.1, 0.15) is 5.84 Å². The predicted molar refractivity (Wildman–Crippen MR) is 195 cm³/mol. The maximum absolute atomic E-state index is 4.81. The van der Waals surface area contributed by atoms with E-state index in [-0.39, 0.29) is 0 Å². The summed E-state index contributed by atoms with van der Waals surface area (Å²) >= 11 is 0. The van der Waals surface area contributed by atoms with Gasteiger partial charge in [-0.05, 0) is 72.2 Å². The molecule has 6 aromatic rings. The molecule has 5 aromatic carbocycles. The number of hydrogen-bond acceptors (Lipinski definition) is 1. The second-order valence-electron chi connectivity index (χ2n) is 11.3. The van der Waals surface area contributed by atoms with E-state index in [4.69, 9.17) is 9.98 Å². The second-order valence-corrected chi connectivity index (χ2v) is 11.3. The smallest absolute Gasteiger partial charge is 0.160 e. The van der Waals surface area contributed by atoms with Gasteiger partial charge in [-0.2, -0.15) is 0 Å². The first-order valence-electron chi connectivity index (χ1n) is 15.6. The minimum absolute atomic E-state index is 0.540. The van der Waals surface area contributed by atoms with Crippen LogP contribution in [-0.2, 0) is 6.54 Å². The molecule has 0 amide bonds. The lowest BCUT2D eigenvalue weighted by atomic mass is 10.00. The molecule has 0 N–H and O–H groups in total. The van der Waals surface area contributed by atoms with Crippen LogP contribution in [0.25, 0.3) is 51.0 Å². The van der Waals surface area contributed by atoms with E-state index in [1.165, 1.54) is 38.5 Å². The number of aromatic nitrogens is 1. The van der Waals surface area contributed by atoms with Crippen LogP contribution in [0, 0.1) is 0 Å². The predicted octanol–water partition coefficient (Wildman–Crippen LogP) is 8.57. The van der Waals surface area contributed by atoms with Crippen molar-refractivity contribution in [2.75, 3.05) is 0 Å². The zero-order valence-electron chi connectivity index (χ0n) is 25.8. The van der Waals surface area contributed by atoms with Crippen LogP contribution in [0.3, 0.4) is 0 Å². The van der Waals surface area contributed by atoms with E-state index >= 15 is 0 Å². The third-order valence-corrected chi connectivity index (χ3v) is 8.36. The summed E-state index contributed by atoms with van der Waals surface area (Å²) in [6, 6.07) is 46.8. The molecule has 0 aliphatic heterocycles. The van der Waals surface area contributed by atoms with E-state index in [0.717, 1.165) is 28.5 Å². The largest absolute Gasteiger partial charge is 0.310 e. The summed E-state index contributed by atoms with van der Waals surface area (Å²) in [6.07, 6.45) is 7.38. The van der Waals surface area contributed by atoms with Crippen LogP contribution in [0.15, 0.2) is 160 Å². The van der Waals surface area contributed by atoms with Crippen molar-refractivity contribution in [2.45, 2.75) is 19.9 Å². The summed E-state index contributed by atoms with van der Waals surface area (Å²) in [4.78, 5) is 13.9. The molecule has 0 bridgehead atoms. The van der Waals surface area contributed by atoms with Crippen LogP contribution >= 0.6 is 0 Å². The third-order valence-electron chi connectivity index (χ3n) is 8.36. The molecule has 4 heteroatoms. The number of allylic oxidation sites excluding steroid dienone is 1. The van der Waals surface area contributed by atoms with Crippen LogP contribution < -0.4 is 10.6 Å². The third kappa shape index (κ3) is 5.93. The molecule has 0 atom stereocenters. The van der Waals surface area contributed by atoms with E-state index in [1.54, 1.807) is 0 Å². The first kappa shape index (κ1) is 28.9. The van der Waals surface area contributed by atoms with Crippen molar-refractivity contribution >= 4 is 41.4 Å². The number of nitrogens with zero attached hydrogens (tertiary/aromatic N) is 4. The number of amidine groups is 2. The average molecular weight is 595 g/mol. The SMILES string of the molecule is C=N/C(=N\C(C)=N/Cc1ccc(-c2ccc(-c3ccccc3)cc2)cc1)C1=CCC=c2c(c3ccccc3n2-c2ccccc2)=C1. The molecule has 0 fully saturated rings. The Kier molecular flexibility index (Phi) is 8.17. The van der Waals surface area contributed by atoms with Crippen molar-refractivity contribution < 1.29 is 0 Å². The van der Waals surface area contributed by atoms with Gasteiger partial charge < -0.3 is 4.57 Å². The van der Waals surface area contributed by atoms with E-state index in [9.17, 15) is 0 Å². The van der Waals surface area contributed by atoms with Crippen LogP contribution in [0.4, 0.5) is 0 Å². The maximum Gasteiger partial charge on any atom is 0.160 e. The average Bonchev–Trinajstić information content (AvgIpc) is 3.26. The molecule has 7 rings (SSSR count). The van der Waals surface area contributed by atoms with Gasteiger partial charge in [0.2, 0.25) is 0 Å². The van der Waals surface area contributed by atoms with Crippen molar-refractivity contribution in [1.82, 2.24) is 4.57 Å². The Labute approximate surface area is 269 Å². The second kappa shape index (κ2) is 13.0. The molecule has 0 saturated carbocycles. The van der Waals surface area contributed by atoms with Gasteiger partial charge in [-0.1, -0.05) is 127 Å². The highest BCUT2D eigenvalue weighted by Gasteiger charge is 2.13. The maximum atomic E-state index is 4.81. The van der Waals surface area contributed by atoms with Crippen LogP contribution in [-0.4, -0.2) is 23.0 Å². The lowest BCUT2D eigenvalue weighted by Gasteiger charge is -2.06. The summed E-state index contributed by atoms with van der Waals surface area (Å²) < 4.78 is 2.33. The van der Waals surface area contributed by atoms with Crippen molar-refractivity contribution in [3.8, 4) is 27.9 Å². The van der Waals surface area contributed by atoms with Gasteiger partial charge >= 0.3 is 0 Å². The molecule has 46 heavy (non-hydrogen) atoms. The van der Waals surface area contributed by atoms with Gasteiger partial charge in [-0.15, -0.1) is 0 Å². The van der Waals surface area contributed by atoms with Crippen molar-refractivity contribution in [3.63, 3.8) is 0 Å². The van der Waals surface area contributed by atoms with Crippen LogP contribution in [0.2, 0.25) is 0 Å². The lowest BCUT2D eigenvalue weighted by molar-refractivity contribution is 1.06. The Morgan fingerprint density at radius 1 is 0.674 bits per heavy atom. The van der Waals surface area contributed by atoms with Gasteiger partial charge in [-0.3, -0.25) is 4.99 Å². The van der Waals surface area contributed by atoms with Crippen molar-refractivity contribution in [3.05, 3.63) is 161 Å². The fourth-order valence-electron chi connectivity index (χ4n) is 6.03. The summed E-state index contributed by atoms with van der Waals surface area (Å²) in [7, 11) is 0. The van der Waals surface area contributed by atoms with Crippen LogP contribution in [0.5, 0.6) is 0 Å². The lowest BCUT2D eigenvalue weighted by Crippen LogP contribution is -2.28. The number of para-hydroxylation sites is 2. The highest BCUT2D eigenvalue weighted by atomic mass is 15.0. The van der Waals surface area contributed by atoms with Crippen molar-refractivity contribution in [2.24, 2.45) is 15.0 Å². The molecule has 1 aromatic heterocycles. The first-order valence-corrected chi connectivity index (χ1v) is 15.6. The van der Waals surface area contributed by atoms with Crippen molar-refractivity contribution in [1.29, 1.82) is 0 Å². The fourth-order valence-corrected chi connectivity index (χ4v) is 6.03. The molecule has 4 nitrogen and oxygen atoms in total. The number of benzene rings is 5. The van der Waals surface area contributed by atoms with Gasteiger partial charge in [0.15, 0.2) is 5.84 Å². The molecule has 222 valence electrons. The minimum atomic E-state index is 0.540. The molecule has 0 unspecified atom stereocenters. The van der Waals surface area contributed by atoms with Gasteiger partial charge in [-0.25, -0.2) is 9.98 Å². The number of aliphatic imine (C=N–C) groups is 3. The molecule has 1 aliphatic rings. The van der Waals surface area contributed by atoms with E-state index in [2.05, 4.69) is 156 Å². The standard InChI is InChI=1S/C42H34N4/c1-30(44-29-31-20-22-33(23-21-31)35-26-24-34(25-27-35)32-12-5-3-6-13-32)45-42(43-2)36-14-11-19-41-39(28-36)38-17-9-10-18-40(38)46(41)37-15-7-4-8-16-37/h3-10,12-28H,2,11,29H2,1H3/b44-30-,45-42-. The number of fused-ring (bicyclic) bond motifs is 3. The molecular formula is C42H34N4. The topological polar surface area (TPSA) is 42.0 Å². The fraction of sp³-hybridized carbons (Fsp3) is 0.0714. The Morgan fingerprint density at radius 2 is 1.26 bits per heavy atom. The summed E-state index contributed by atoms with van der Waals surface area (Å²) in [5, 5.41) is 3.52. The van der Waals surface area contributed by atoms with E-state index in [0.29, 0.717) is 18.2 Å². The van der Waals surface area contributed by atoms with Gasteiger partial charge in [0.05, 0.1) is 17.4 Å². The molecule has 1 aliphatic carbocycles. The molecule has 0 spiro atoms. The molecule has 0 saturated heterocycles. The minimum Gasteiger partial charge on any atom is -0.310 e. The van der Waals surface area contributed by atoms with Crippen LogP contribution in [0.1, 0.15) is 18.9 Å². The summed E-state index contributed by atoms with van der Waals surface area (Å²) in [5.41, 5.74) is 9.19. The van der Waals surface area contributed by atoms with E-state index < -0.39 is 0 Å². The van der Waals surface area contributed by atoms with Gasteiger partial charge in [0.25, 0.3) is 0 Å². The molecular weight excluding hydrogens is 560 g/mol. The molecule has 1 heterocycles. The highest BCUT2D eigenvalue weighted by Crippen LogP contribution is 2.25. The first-order chi connectivity index (χ1) is 22.7. The highest BCUT2D eigenvalue weighted by molar-refractivity contribution is 6.12.